The Balaban J connectivity index is 3.36. The fourth-order valence-electron chi connectivity index (χ4n) is 1.89. The first-order valence-corrected chi connectivity index (χ1v) is 8.05. The molecule has 1 rings (SSSR count). The van der Waals surface area contributed by atoms with Crippen molar-refractivity contribution in [3.63, 3.8) is 0 Å². The molecule has 0 spiro atoms. The Morgan fingerprint density at radius 2 is 1.50 bits per heavy atom. The highest BCUT2D eigenvalue weighted by Gasteiger charge is 2.37. The summed E-state index contributed by atoms with van der Waals surface area (Å²) in [5, 5.41) is 8.55. The summed E-state index contributed by atoms with van der Waals surface area (Å²) in [5.41, 5.74) is -3.84. The number of rotatable bonds is 5. The van der Waals surface area contributed by atoms with Crippen LogP contribution in [-0.4, -0.2) is 25.8 Å². The summed E-state index contributed by atoms with van der Waals surface area (Å²) in [7, 11) is -4.24. The van der Waals surface area contributed by atoms with Gasteiger partial charge >= 0.3 is 12.4 Å². The molecule has 0 fully saturated rings. The zero-order valence-electron chi connectivity index (χ0n) is 12.2. The second kappa shape index (κ2) is 6.98. The summed E-state index contributed by atoms with van der Waals surface area (Å²) < 4.78 is 101. The lowest BCUT2D eigenvalue weighted by Gasteiger charge is -2.19. The number of benzene rings is 1. The summed E-state index contributed by atoms with van der Waals surface area (Å²) in [6.07, 6.45) is -10.1. The lowest BCUT2D eigenvalue weighted by Crippen LogP contribution is -2.32. The zero-order valence-corrected chi connectivity index (χ0v) is 13.1. The normalized spacial score (nSPS) is 13.1. The van der Waals surface area contributed by atoms with Crippen LogP contribution in [0.3, 0.4) is 0 Å². The Hall–Kier alpha value is -1.80. The van der Waals surface area contributed by atoms with E-state index in [0.717, 1.165) is 0 Å². The van der Waals surface area contributed by atoms with Crippen LogP contribution >= 0.6 is 0 Å². The largest absolute Gasteiger partial charge is 0.416 e. The van der Waals surface area contributed by atoms with Crippen LogP contribution in [0.1, 0.15) is 23.6 Å². The quantitative estimate of drug-likeness (QED) is 0.586. The third kappa shape index (κ3) is 5.10. The van der Waals surface area contributed by atoms with Gasteiger partial charge in [-0.15, -0.1) is 0 Å². The smallest absolute Gasteiger partial charge is 0.212 e. The Morgan fingerprint density at radius 1 is 1.04 bits per heavy atom. The molecule has 0 aliphatic rings. The summed E-state index contributed by atoms with van der Waals surface area (Å²) in [6, 6.07) is 2.20. The number of hydrogen-bond acceptors (Lipinski definition) is 3. The van der Waals surface area contributed by atoms with E-state index in [4.69, 9.17) is 5.26 Å². The van der Waals surface area contributed by atoms with Crippen molar-refractivity contribution >= 4 is 10.0 Å². The molecule has 0 amide bonds. The molecule has 0 heterocycles. The SMILES string of the molecule is CCN(CC#N)S(=O)(=O)Cc1cc(C(F)(F)F)cc(C(F)(F)F)c1. The van der Waals surface area contributed by atoms with Gasteiger partial charge in [0.2, 0.25) is 10.0 Å². The third-order valence-corrected chi connectivity index (χ3v) is 4.86. The van der Waals surface area contributed by atoms with Crippen molar-refractivity contribution in [2.75, 3.05) is 13.1 Å². The molecule has 0 aliphatic heterocycles. The molecule has 0 saturated heterocycles. The lowest BCUT2D eigenvalue weighted by molar-refractivity contribution is -0.143. The Morgan fingerprint density at radius 3 is 1.83 bits per heavy atom. The first-order valence-electron chi connectivity index (χ1n) is 6.44. The van der Waals surface area contributed by atoms with E-state index in [2.05, 4.69) is 0 Å². The maximum absolute atomic E-state index is 12.7. The van der Waals surface area contributed by atoms with Gasteiger partial charge in [-0.3, -0.25) is 0 Å². The van der Waals surface area contributed by atoms with Gasteiger partial charge in [0.25, 0.3) is 0 Å². The van der Waals surface area contributed by atoms with Crippen LogP contribution in [0.25, 0.3) is 0 Å². The first-order chi connectivity index (χ1) is 10.8. The average Bonchev–Trinajstić information content (AvgIpc) is 2.41. The highest BCUT2D eigenvalue weighted by molar-refractivity contribution is 7.88. The van der Waals surface area contributed by atoms with Gasteiger partial charge in [0.05, 0.1) is 22.9 Å². The standard InChI is InChI=1S/C13H12F6N2O2S/c1-2-21(4-3-20)24(22,23)8-9-5-10(12(14,15)16)7-11(6-9)13(17,18)19/h5-7H,2,4,8H2,1H3. The van der Waals surface area contributed by atoms with Gasteiger partial charge in [0, 0.05) is 6.54 Å². The molecule has 0 bridgehead atoms. The Labute approximate surface area is 134 Å². The maximum atomic E-state index is 12.7. The number of halogens is 6. The molecule has 134 valence electrons. The molecule has 0 unspecified atom stereocenters. The van der Waals surface area contributed by atoms with Crippen molar-refractivity contribution in [2.45, 2.75) is 25.0 Å². The first kappa shape index (κ1) is 20.2. The van der Waals surface area contributed by atoms with Crippen molar-refractivity contribution in [3.8, 4) is 6.07 Å². The summed E-state index contributed by atoms with van der Waals surface area (Å²) in [4.78, 5) is 0. The minimum Gasteiger partial charge on any atom is -0.212 e. The summed E-state index contributed by atoms with van der Waals surface area (Å²) >= 11 is 0. The molecule has 1 aromatic rings. The number of hydrogen-bond donors (Lipinski definition) is 0. The highest BCUT2D eigenvalue weighted by Crippen LogP contribution is 2.36. The molecule has 24 heavy (non-hydrogen) atoms. The molecule has 11 heteroatoms. The Bertz CT molecular complexity index is 702. The topological polar surface area (TPSA) is 61.2 Å². The molecule has 0 saturated carbocycles. The van der Waals surface area contributed by atoms with Gasteiger partial charge in [-0.1, -0.05) is 6.92 Å². The van der Waals surface area contributed by atoms with Crippen LogP contribution in [0.15, 0.2) is 18.2 Å². The van der Waals surface area contributed by atoms with Crippen LogP contribution in [0, 0.1) is 11.3 Å². The Kier molecular flexibility index (Phi) is 5.89. The number of nitrogens with zero attached hydrogens (tertiary/aromatic N) is 2. The summed E-state index contributed by atoms with van der Waals surface area (Å²) in [6.45, 7) is 0.701. The molecule has 0 radical (unpaired) electrons. The summed E-state index contributed by atoms with van der Waals surface area (Å²) in [5.74, 6) is -1.07. The monoisotopic (exact) mass is 374 g/mol. The van der Waals surface area contributed by atoms with Crippen LogP contribution in [0.4, 0.5) is 26.3 Å². The van der Waals surface area contributed by atoms with E-state index in [1.807, 2.05) is 0 Å². The van der Waals surface area contributed by atoms with Crippen molar-refractivity contribution in [1.29, 1.82) is 5.26 Å². The second-order valence-electron chi connectivity index (χ2n) is 4.75. The second-order valence-corrected chi connectivity index (χ2v) is 6.72. The molecule has 0 N–H and O–H groups in total. The van der Waals surface area contributed by atoms with E-state index in [0.29, 0.717) is 16.4 Å². The van der Waals surface area contributed by atoms with Crippen LogP contribution in [0.2, 0.25) is 0 Å². The van der Waals surface area contributed by atoms with Crippen molar-refractivity contribution < 1.29 is 34.8 Å². The predicted octanol–water partition coefficient (Wildman–Crippen LogP) is 3.40. The van der Waals surface area contributed by atoms with Gasteiger partial charge < -0.3 is 0 Å². The zero-order chi connectivity index (χ0) is 18.8. The van der Waals surface area contributed by atoms with E-state index in [9.17, 15) is 34.8 Å². The average molecular weight is 374 g/mol. The number of sulfonamides is 1. The van der Waals surface area contributed by atoms with Gasteiger partial charge in [-0.2, -0.15) is 35.9 Å². The van der Waals surface area contributed by atoms with E-state index < -0.39 is 51.4 Å². The fourth-order valence-corrected chi connectivity index (χ4v) is 3.31. The number of alkyl halides is 6. The van der Waals surface area contributed by atoms with Gasteiger partial charge in [0.1, 0.15) is 6.54 Å². The minimum absolute atomic E-state index is 0.0804. The van der Waals surface area contributed by atoms with E-state index >= 15 is 0 Å². The van der Waals surface area contributed by atoms with E-state index in [1.165, 1.54) is 6.92 Å². The van der Waals surface area contributed by atoms with Crippen molar-refractivity contribution in [2.24, 2.45) is 0 Å². The van der Waals surface area contributed by atoms with Gasteiger partial charge in [0.15, 0.2) is 0 Å². The van der Waals surface area contributed by atoms with Gasteiger partial charge in [-0.25, -0.2) is 8.42 Å². The predicted molar refractivity (Wildman–Crippen MR) is 71.9 cm³/mol. The molecule has 0 aromatic heterocycles. The molecular weight excluding hydrogens is 362 g/mol. The fraction of sp³-hybridized carbons (Fsp3) is 0.462. The third-order valence-electron chi connectivity index (χ3n) is 2.99. The van der Waals surface area contributed by atoms with Crippen LogP contribution in [-0.2, 0) is 28.1 Å². The molecule has 1 aromatic carbocycles. The molecule has 4 nitrogen and oxygen atoms in total. The molecule has 0 aliphatic carbocycles. The minimum atomic E-state index is -5.06. The lowest BCUT2D eigenvalue weighted by atomic mass is 10.1. The molecular formula is C13H12F6N2O2S. The van der Waals surface area contributed by atoms with Crippen molar-refractivity contribution in [3.05, 3.63) is 34.9 Å². The van der Waals surface area contributed by atoms with Crippen LogP contribution < -0.4 is 0 Å². The van der Waals surface area contributed by atoms with Crippen molar-refractivity contribution in [1.82, 2.24) is 4.31 Å². The van der Waals surface area contributed by atoms with Gasteiger partial charge in [-0.05, 0) is 23.8 Å². The number of nitriles is 1. The molecule has 0 atom stereocenters. The van der Waals surface area contributed by atoms with E-state index in [1.54, 1.807) is 6.07 Å². The van der Waals surface area contributed by atoms with Crippen LogP contribution in [0.5, 0.6) is 0 Å². The van der Waals surface area contributed by atoms with E-state index in [-0.39, 0.29) is 12.6 Å². The maximum Gasteiger partial charge on any atom is 0.416 e. The highest BCUT2D eigenvalue weighted by atomic mass is 32.2.